The number of nitrogen functional groups attached to an aromatic ring is 1. The van der Waals surface area contributed by atoms with E-state index < -0.39 is 57.4 Å². The quantitative estimate of drug-likeness (QED) is 0.740. The number of hydrogen-bond donors (Lipinski definition) is 1. The summed E-state index contributed by atoms with van der Waals surface area (Å²) in [5, 5.41) is 0. The Kier molecular flexibility index (Phi) is 2.10. The molecule has 2 N–H and O–H groups in total. The van der Waals surface area contributed by atoms with E-state index in [0.717, 1.165) is 18.4 Å². The summed E-state index contributed by atoms with van der Waals surface area (Å²) in [4.78, 5) is 4.64. The molecule has 3 nitrogen and oxygen atoms in total. The summed E-state index contributed by atoms with van der Waals surface area (Å²) in [5.41, 5.74) is 2.07. The number of nitrogens with two attached hydrogens (primary N) is 1. The second-order valence-corrected chi connectivity index (χ2v) is 8.13. The smallest absolute Gasteiger partial charge is 0.0891 e. The van der Waals surface area contributed by atoms with Crippen LogP contribution in [0.1, 0.15) is 107 Å². The van der Waals surface area contributed by atoms with E-state index >= 15 is 0 Å². The van der Waals surface area contributed by atoms with Gasteiger partial charge in [0.2, 0.25) is 0 Å². The molecule has 0 radical (unpaired) electrons. The molecule has 138 valence electrons. The van der Waals surface area contributed by atoms with Crippen LogP contribution in [-0.2, 0) is 4.74 Å². The molecule has 1 aromatic rings. The van der Waals surface area contributed by atoms with E-state index in [9.17, 15) is 0 Å². The van der Waals surface area contributed by atoms with Gasteiger partial charge in [-0.3, -0.25) is 4.98 Å². The zero-order valence-electron chi connectivity index (χ0n) is 26.8. The van der Waals surface area contributed by atoms with Crippen LogP contribution in [-0.4, -0.2) is 16.2 Å². The molecule has 1 aliphatic heterocycles. The van der Waals surface area contributed by atoms with Gasteiger partial charge in [0.15, 0.2) is 0 Å². The Morgan fingerprint density at radius 3 is 2.40 bits per heavy atom. The summed E-state index contributed by atoms with van der Waals surface area (Å²) in [5.74, 6) is -1.16. The molecule has 1 aromatic heterocycles. The summed E-state index contributed by atoms with van der Waals surface area (Å²) in [6.07, 6.45) is 3.04. The maximum Gasteiger partial charge on any atom is 0.0891 e. The molecule has 2 heterocycles. The SMILES string of the molecule is [2H]C([2H])([2H])C1(C([2H])([2H])[2H])CC(c2ccc(N)c(C3=CCC(C)(C)CC3)n2)CC(C([2H])([2H])[2H])(C([2H])([2H])[2H])O1. The molecule has 0 unspecified atom stereocenters. The second kappa shape index (κ2) is 6.12. The van der Waals surface area contributed by atoms with Crippen molar-refractivity contribution >= 4 is 11.3 Å². The minimum absolute atomic E-state index is 0.106. The molecule has 0 atom stereocenters. The van der Waals surface area contributed by atoms with Crippen molar-refractivity contribution in [3.63, 3.8) is 0 Å². The molecule has 3 heteroatoms. The van der Waals surface area contributed by atoms with Gasteiger partial charge in [-0.05, 0) is 82.6 Å². The first-order valence-corrected chi connectivity index (χ1v) is 8.62. The van der Waals surface area contributed by atoms with Crippen molar-refractivity contribution in [2.24, 2.45) is 5.41 Å². The third kappa shape index (κ3) is 4.25. The fraction of sp³-hybridized carbons (Fsp3) is 0.682. The van der Waals surface area contributed by atoms with E-state index in [-0.39, 0.29) is 11.1 Å². The predicted molar refractivity (Wildman–Crippen MR) is 105 cm³/mol. The fourth-order valence-corrected chi connectivity index (χ4v) is 3.62. The van der Waals surface area contributed by atoms with Crippen LogP contribution in [0, 0.1) is 5.41 Å². The minimum Gasteiger partial charge on any atom is -0.397 e. The molecule has 3 rings (SSSR count). The van der Waals surface area contributed by atoms with Crippen molar-refractivity contribution in [3.8, 4) is 0 Å². The largest absolute Gasteiger partial charge is 0.397 e. The second-order valence-electron chi connectivity index (χ2n) is 8.13. The number of ether oxygens (including phenoxy) is 1. The van der Waals surface area contributed by atoms with E-state index in [4.69, 9.17) is 26.9 Å². The van der Waals surface area contributed by atoms with Crippen LogP contribution in [0.3, 0.4) is 0 Å². The molecule has 25 heavy (non-hydrogen) atoms. The normalized spacial score (nSPS) is 34.6. The van der Waals surface area contributed by atoms with E-state index in [2.05, 4.69) is 18.8 Å². The van der Waals surface area contributed by atoms with Gasteiger partial charge in [0.1, 0.15) is 0 Å². The zero-order chi connectivity index (χ0) is 28.5. The lowest BCUT2D eigenvalue weighted by Crippen LogP contribution is -2.44. The summed E-state index contributed by atoms with van der Waals surface area (Å²) >= 11 is 0. The lowest BCUT2D eigenvalue weighted by atomic mass is 9.77. The average molecular weight is 355 g/mol. The average Bonchev–Trinajstić information content (AvgIpc) is 2.71. The standard InChI is InChI=1S/C22H34N2O/c1-20(2)11-9-15(10-12-20)19-17(23)7-8-18(24-19)16-13-21(3,4)25-22(5,6)14-16/h7-9,16H,10-14,23H2,1-6H3/i3D3,4D3,5D3,6D3. The Labute approximate surface area is 169 Å². The predicted octanol–water partition coefficient (Wildman–Crippen LogP) is 5.71. The first kappa shape index (κ1) is 8.56. The summed E-state index contributed by atoms with van der Waals surface area (Å²) in [7, 11) is 0. The molecule has 0 bridgehead atoms. The Hall–Kier alpha value is -1.35. The molecule has 1 fully saturated rings. The Bertz CT molecular complexity index is 982. The monoisotopic (exact) mass is 354 g/mol. The number of allylic oxidation sites excluding steroid dienone is 2. The van der Waals surface area contributed by atoms with Crippen LogP contribution >= 0.6 is 0 Å². The van der Waals surface area contributed by atoms with Gasteiger partial charge in [-0.2, -0.15) is 0 Å². The molecule has 1 saturated heterocycles. The lowest BCUT2D eigenvalue weighted by Gasteiger charge is -2.45. The van der Waals surface area contributed by atoms with Crippen LogP contribution in [0.2, 0.25) is 0 Å². The van der Waals surface area contributed by atoms with E-state index in [1.54, 1.807) is 6.07 Å². The minimum atomic E-state index is -3.37. The fourth-order valence-electron chi connectivity index (χ4n) is 3.62. The van der Waals surface area contributed by atoms with Gasteiger partial charge in [-0.1, -0.05) is 19.9 Å². The molecular weight excluding hydrogens is 308 g/mol. The first-order chi connectivity index (χ1) is 16.5. The lowest BCUT2D eigenvalue weighted by molar-refractivity contribution is -0.162. The van der Waals surface area contributed by atoms with Gasteiger partial charge < -0.3 is 10.5 Å². The van der Waals surface area contributed by atoms with Crippen molar-refractivity contribution in [1.82, 2.24) is 4.98 Å². The van der Waals surface area contributed by atoms with Crippen molar-refractivity contribution in [2.45, 2.75) is 90.5 Å². The van der Waals surface area contributed by atoms with Gasteiger partial charge in [0.05, 0.1) is 22.6 Å². The van der Waals surface area contributed by atoms with Gasteiger partial charge >= 0.3 is 0 Å². The highest BCUT2D eigenvalue weighted by Gasteiger charge is 2.40. The topological polar surface area (TPSA) is 48.1 Å². The molecule has 0 spiro atoms. The Balaban J connectivity index is 2.24. The summed E-state index contributed by atoms with van der Waals surface area (Å²) < 4.78 is 102. The molecular formula is C22H34N2O. The first-order valence-electron chi connectivity index (χ1n) is 14.6. The maximum atomic E-state index is 8.07. The molecule has 2 aliphatic rings. The van der Waals surface area contributed by atoms with Crippen LogP contribution < -0.4 is 5.73 Å². The number of anilines is 1. The van der Waals surface area contributed by atoms with Crippen LogP contribution in [0.4, 0.5) is 5.69 Å². The van der Waals surface area contributed by atoms with Crippen LogP contribution in [0.15, 0.2) is 18.2 Å². The Morgan fingerprint density at radius 1 is 1.16 bits per heavy atom. The summed E-state index contributed by atoms with van der Waals surface area (Å²) in [6, 6.07) is 3.02. The number of aromatic nitrogens is 1. The molecule has 1 aliphatic carbocycles. The van der Waals surface area contributed by atoms with Crippen molar-refractivity contribution in [2.75, 3.05) is 5.73 Å². The summed E-state index contributed by atoms with van der Waals surface area (Å²) in [6.45, 7) is -9.19. The maximum absolute atomic E-state index is 8.07. The number of hydrogen-bond acceptors (Lipinski definition) is 3. The van der Waals surface area contributed by atoms with E-state index in [1.807, 2.05) is 6.08 Å². The number of nitrogens with zero attached hydrogens (tertiary/aromatic N) is 1. The van der Waals surface area contributed by atoms with Gasteiger partial charge in [-0.15, -0.1) is 0 Å². The number of pyridine rings is 1. The van der Waals surface area contributed by atoms with Gasteiger partial charge in [-0.25, -0.2) is 0 Å². The van der Waals surface area contributed by atoms with Gasteiger partial charge in [0.25, 0.3) is 0 Å². The van der Waals surface area contributed by atoms with Crippen molar-refractivity contribution in [1.29, 1.82) is 0 Å². The van der Waals surface area contributed by atoms with Gasteiger partial charge in [0, 0.05) is 28.1 Å². The molecule has 0 saturated carbocycles. The third-order valence-electron chi connectivity index (χ3n) is 5.06. The zero-order valence-corrected chi connectivity index (χ0v) is 14.8. The highest BCUT2D eigenvalue weighted by atomic mass is 16.5. The molecule has 0 aromatic carbocycles. The van der Waals surface area contributed by atoms with Crippen molar-refractivity contribution in [3.05, 3.63) is 29.6 Å². The Morgan fingerprint density at radius 2 is 1.84 bits per heavy atom. The molecule has 0 amide bonds. The highest BCUT2D eigenvalue weighted by molar-refractivity contribution is 5.72. The van der Waals surface area contributed by atoms with Crippen LogP contribution in [0.5, 0.6) is 0 Å². The van der Waals surface area contributed by atoms with E-state index in [0.29, 0.717) is 17.8 Å². The third-order valence-corrected chi connectivity index (χ3v) is 5.06. The van der Waals surface area contributed by atoms with Crippen LogP contribution in [0.25, 0.3) is 5.57 Å². The highest BCUT2D eigenvalue weighted by Crippen LogP contribution is 2.44. The number of rotatable bonds is 2. The van der Waals surface area contributed by atoms with E-state index in [1.165, 1.54) is 6.07 Å². The van der Waals surface area contributed by atoms with Crippen molar-refractivity contribution < 1.29 is 21.2 Å².